The molecule has 2 heterocycles. The minimum Gasteiger partial charge on any atom is -0.483 e. The molecule has 2 aliphatic rings. The van der Waals surface area contributed by atoms with Gasteiger partial charge in [-0.3, -0.25) is 4.79 Å². The van der Waals surface area contributed by atoms with Crippen molar-refractivity contribution in [1.29, 1.82) is 0 Å². The highest BCUT2D eigenvalue weighted by molar-refractivity contribution is 5.78. The summed E-state index contributed by atoms with van der Waals surface area (Å²) in [6.07, 6.45) is 0.128. The summed E-state index contributed by atoms with van der Waals surface area (Å²) in [5, 5.41) is 3.28. The van der Waals surface area contributed by atoms with E-state index in [1.165, 1.54) is 0 Å². The van der Waals surface area contributed by atoms with Gasteiger partial charge >= 0.3 is 0 Å². The highest BCUT2D eigenvalue weighted by Gasteiger charge is 2.38. The Morgan fingerprint density at radius 2 is 2.14 bits per heavy atom. The maximum Gasteiger partial charge on any atom is 0.260 e. The molecule has 5 heteroatoms. The van der Waals surface area contributed by atoms with Crippen LogP contribution in [0.1, 0.15) is 11.1 Å². The predicted octanol–water partition coefficient (Wildman–Crippen LogP) is 0.881. The summed E-state index contributed by atoms with van der Waals surface area (Å²) in [6, 6.07) is 6.14. The van der Waals surface area contributed by atoms with E-state index in [2.05, 4.69) is 5.32 Å². The molecule has 0 aromatic heterocycles. The van der Waals surface area contributed by atoms with Crippen molar-refractivity contribution in [3.05, 3.63) is 29.3 Å². The molecule has 114 valence electrons. The number of nitrogens with one attached hydrogen (secondary N) is 1. The normalized spacial score (nSPS) is 24.8. The van der Waals surface area contributed by atoms with Gasteiger partial charge in [0.2, 0.25) is 0 Å². The molecule has 2 saturated heterocycles. The molecule has 1 amide bonds. The number of morpholine rings is 1. The fourth-order valence-electron chi connectivity index (χ4n) is 3.14. The van der Waals surface area contributed by atoms with E-state index >= 15 is 0 Å². The summed E-state index contributed by atoms with van der Waals surface area (Å²) in [5.74, 6) is 0.861. The summed E-state index contributed by atoms with van der Waals surface area (Å²) in [4.78, 5) is 14.4. The molecule has 1 aromatic rings. The summed E-state index contributed by atoms with van der Waals surface area (Å²) < 4.78 is 11.5. The van der Waals surface area contributed by atoms with E-state index in [0.717, 1.165) is 30.0 Å². The van der Waals surface area contributed by atoms with Gasteiger partial charge in [-0.1, -0.05) is 18.2 Å². The lowest BCUT2D eigenvalue weighted by Gasteiger charge is -2.36. The first-order valence-electron chi connectivity index (χ1n) is 7.47. The van der Waals surface area contributed by atoms with Crippen LogP contribution in [-0.4, -0.2) is 55.8 Å². The average molecular weight is 290 g/mol. The smallest absolute Gasteiger partial charge is 0.260 e. The van der Waals surface area contributed by atoms with Gasteiger partial charge < -0.3 is 19.7 Å². The Hall–Kier alpha value is -1.59. The van der Waals surface area contributed by atoms with Crippen molar-refractivity contribution in [1.82, 2.24) is 10.2 Å². The molecule has 0 spiro atoms. The third-order valence-electron chi connectivity index (χ3n) is 4.26. The highest BCUT2D eigenvalue weighted by Crippen LogP contribution is 2.23. The number of para-hydroxylation sites is 1. The lowest BCUT2D eigenvalue weighted by atomic mass is 10.1. The Balaban J connectivity index is 1.64. The third-order valence-corrected chi connectivity index (χ3v) is 4.26. The lowest BCUT2D eigenvalue weighted by molar-refractivity contribution is -0.144. The second kappa shape index (κ2) is 6.03. The third kappa shape index (κ3) is 2.89. The van der Waals surface area contributed by atoms with Gasteiger partial charge in [0.1, 0.15) is 5.75 Å². The van der Waals surface area contributed by atoms with Crippen molar-refractivity contribution in [3.8, 4) is 5.75 Å². The molecule has 2 atom stereocenters. The maximum atomic E-state index is 12.5. The number of hydrogen-bond acceptors (Lipinski definition) is 4. The van der Waals surface area contributed by atoms with Gasteiger partial charge in [-0.25, -0.2) is 0 Å². The number of aryl methyl sites for hydroxylation is 2. The van der Waals surface area contributed by atoms with Crippen molar-refractivity contribution in [2.45, 2.75) is 26.0 Å². The molecular weight excluding hydrogens is 268 g/mol. The zero-order valence-corrected chi connectivity index (χ0v) is 12.6. The number of hydrogen-bond donors (Lipinski definition) is 1. The molecule has 21 heavy (non-hydrogen) atoms. The molecule has 5 nitrogen and oxygen atoms in total. The topological polar surface area (TPSA) is 50.8 Å². The Kier molecular flexibility index (Phi) is 4.12. The monoisotopic (exact) mass is 290 g/mol. The zero-order chi connectivity index (χ0) is 14.8. The second-order valence-corrected chi connectivity index (χ2v) is 5.73. The van der Waals surface area contributed by atoms with Crippen LogP contribution in [0.25, 0.3) is 0 Å². The number of ether oxygens (including phenoxy) is 2. The molecule has 0 unspecified atom stereocenters. The van der Waals surface area contributed by atoms with Gasteiger partial charge in [0, 0.05) is 19.6 Å². The van der Waals surface area contributed by atoms with Crippen LogP contribution in [0.3, 0.4) is 0 Å². The number of amides is 1. The summed E-state index contributed by atoms with van der Waals surface area (Å²) in [7, 11) is 0. The second-order valence-electron chi connectivity index (χ2n) is 5.73. The molecule has 3 rings (SSSR count). The van der Waals surface area contributed by atoms with Crippen LogP contribution in [0.15, 0.2) is 18.2 Å². The van der Waals surface area contributed by atoms with Gasteiger partial charge in [-0.15, -0.1) is 0 Å². The Morgan fingerprint density at radius 3 is 2.90 bits per heavy atom. The zero-order valence-electron chi connectivity index (χ0n) is 12.6. The minimum absolute atomic E-state index is 0.0413. The number of nitrogens with zero attached hydrogens (tertiary/aromatic N) is 1. The van der Waals surface area contributed by atoms with Gasteiger partial charge in [-0.05, 0) is 25.0 Å². The van der Waals surface area contributed by atoms with E-state index in [1.807, 2.05) is 36.9 Å². The van der Waals surface area contributed by atoms with E-state index in [0.29, 0.717) is 13.2 Å². The van der Waals surface area contributed by atoms with Crippen LogP contribution in [-0.2, 0) is 9.53 Å². The predicted molar refractivity (Wildman–Crippen MR) is 79.5 cm³/mol. The lowest BCUT2D eigenvalue weighted by Crippen LogP contribution is -2.54. The quantitative estimate of drug-likeness (QED) is 0.898. The standard InChI is InChI=1S/C16H22N2O3/c1-11-4-3-5-12(2)16(11)21-10-15(19)18-6-7-20-14-9-17-8-13(14)18/h3-5,13-14,17H,6-10H2,1-2H3/t13-,14+/m1/s1. The van der Waals surface area contributed by atoms with Crippen LogP contribution < -0.4 is 10.1 Å². The van der Waals surface area contributed by atoms with E-state index in [4.69, 9.17) is 9.47 Å². The summed E-state index contributed by atoms with van der Waals surface area (Å²) >= 11 is 0. The molecule has 0 saturated carbocycles. The first kappa shape index (κ1) is 14.4. The van der Waals surface area contributed by atoms with Crippen LogP contribution in [0.2, 0.25) is 0 Å². The van der Waals surface area contributed by atoms with Gasteiger partial charge in [0.15, 0.2) is 6.61 Å². The van der Waals surface area contributed by atoms with E-state index in [9.17, 15) is 4.79 Å². The van der Waals surface area contributed by atoms with Gasteiger partial charge in [0.05, 0.1) is 18.8 Å². The maximum absolute atomic E-state index is 12.5. The Bertz CT molecular complexity index is 512. The Morgan fingerprint density at radius 1 is 1.38 bits per heavy atom. The fraction of sp³-hybridized carbons (Fsp3) is 0.562. The van der Waals surface area contributed by atoms with Gasteiger partial charge in [-0.2, -0.15) is 0 Å². The van der Waals surface area contributed by atoms with Crippen molar-refractivity contribution in [2.24, 2.45) is 0 Å². The number of rotatable bonds is 3. The van der Waals surface area contributed by atoms with Crippen LogP contribution in [0, 0.1) is 13.8 Å². The minimum atomic E-state index is 0.0413. The first-order chi connectivity index (χ1) is 10.2. The average Bonchev–Trinajstić information content (AvgIpc) is 2.94. The molecular formula is C16H22N2O3. The van der Waals surface area contributed by atoms with Crippen LogP contribution in [0.4, 0.5) is 0 Å². The van der Waals surface area contributed by atoms with Crippen molar-refractivity contribution in [3.63, 3.8) is 0 Å². The number of carbonyl (C=O) groups is 1. The molecule has 0 aliphatic carbocycles. The summed E-state index contributed by atoms with van der Waals surface area (Å²) in [5.41, 5.74) is 2.12. The number of fused-ring (bicyclic) bond motifs is 1. The van der Waals surface area contributed by atoms with Crippen LogP contribution >= 0.6 is 0 Å². The van der Waals surface area contributed by atoms with E-state index < -0.39 is 0 Å². The molecule has 1 N–H and O–H groups in total. The van der Waals surface area contributed by atoms with Crippen molar-refractivity contribution < 1.29 is 14.3 Å². The van der Waals surface area contributed by atoms with Crippen LogP contribution in [0.5, 0.6) is 5.75 Å². The van der Waals surface area contributed by atoms with E-state index in [-0.39, 0.29) is 24.7 Å². The summed E-state index contributed by atoms with van der Waals surface area (Å²) in [6.45, 7) is 6.98. The molecule has 2 fully saturated rings. The van der Waals surface area contributed by atoms with Crippen molar-refractivity contribution in [2.75, 3.05) is 32.8 Å². The highest BCUT2D eigenvalue weighted by atomic mass is 16.5. The molecule has 0 radical (unpaired) electrons. The first-order valence-corrected chi connectivity index (χ1v) is 7.47. The number of carbonyl (C=O) groups excluding carboxylic acids is 1. The van der Waals surface area contributed by atoms with Gasteiger partial charge in [0.25, 0.3) is 5.91 Å². The molecule has 2 aliphatic heterocycles. The van der Waals surface area contributed by atoms with Crippen molar-refractivity contribution >= 4 is 5.91 Å². The van der Waals surface area contributed by atoms with E-state index in [1.54, 1.807) is 0 Å². The molecule has 1 aromatic carbocycles. The SMILES string of the molecule is Cc1cccc(C)c1OCC(=O)N1CCO[C@H]2CNC[C@H]21. The number of benzene rings is 1. The Labute approximate surface area is 125 Å². The largest absolute Gasteiger partial charge is 0.483 e. The molecule has 0 bridgehead atoms. The fourth-order valence-corrected chi connectivity index (χ4v) is 3.14.